The number of carbonyl (C=O) groups excluding carboxylic acids is 2. The summed E-state index contributed by atoms with van der Waals surface area (Å²) in [4.78, 5) is 35.3. The van der Waals surface area contributed by atoms with Crippen molar-refractivity contribution < 1.29 is 33.0 Å². The average Bonchev–Trinajstić information content (AvgIpc) is 3.04. The Labute approximate surface area is 190 Å². The number of hydrogen-bond acceptors (Lipinski definition) is 4. The van der Waals surface area contributed by atoms with E-state index in [0.717, 1.165) is 22.3 Å². The molecule has 2 aromatic carbocycles. The molecule has 0 heterocycles. The molecule has 0 aromatic heterocycles. The van der Waals surface area contributed by atoms with Gasteiger partial charge in [-0.3, -0.25) is 9.59 Å². The molecule has 1 aliphatic carbocycles. The van der Waals surface area contributed by atoms with E-state index >= 15 is 0 Å². The molecule has 176 valence electrons. The van der Waals surface area contributed by atoms with Gasteiger partial charge in [0.2, 0.25) is 5.91 Å². The number of fused-ring (bicyclic) bond motifs is 3. The predicted molar refractivity (Wildman–Crippen MR) is 117 cm³/mol. The zero-order valence-corrected chi connectivity index (χ0v) is 18.3. The summed E-state index contributed by atoms with van der Waals surface area (Å²) in [5.74, 6) is -2.17. The highest BCUT2D eigenvalue weighted by Gasteiger charge is 2.32. The minimum Gasteiger partial charge on any atom is -0.481 e. The molecule has 0 fully saturated rings. The Morgan fingerprint density at radius 3 is 2.09 bits per heavy atom. The second-order valence-electron chi connectivity index (χ2n) is 8.62. The molecule has 0 radical (unpaired) electrons. The molecule has 1 aliphatic rings. The van der Waals surface area contributed by atoms with Crippen LogP contribution in [0.2, 0.25) is 0 Å². The third kappa shape index (κ3) is 6.06. The van der Waals surface area contributed by atoms with Crippen molar-refractivity contribution in [2.75, 3.05) is 6.61 Å². The Balaban J connectivity index is 1.60. The molecule has 7 nitrogen and oxygen atoms in total. The molecule has 0 bridgehead atoms. The summed E-state index contributed by atoms with van der Waals surface area (Å²) in [5, 5.41) is 13.3. The van der Waals surface area contributed by atoms with Gasteiger partial charge in [0.25, 0.3) is 6.43 Å². The number of hydrogen-bond donors (Lipinski definition) is 3. The van der Waals surface area contributed by atoms with Crippen LogP contribution < -0.4 is 10.6 Å². The number of alkyl halides is 2. The normalized spacial score (nSPS) is 13.7. The second-order valence-corrected chi connectivity index (χ2v) is 8.62. The Morgan fingerprint density at radius 1 is 1.03 bits per heavy atom. The highest BCUT2D eigenvalue weighted by Crippen LogP contribution is 2.44. The number of nitrogens with one attached hydrogen (secondary N) is 2. The van der Waals surface area contributed by atoms with Crippen molar-refractivity contribution in [3.8, 4) is 11.1 Å². The number of benzene rings is 2. The van der Waals surface area contributed by atoms with Gasteiger partial charge >= 0.3 is 12.1 Å². The van der Waals surface area contributed by atoms with Gasteiger partial charge in [0.1, 0.15) is 12.6 Å². The predicted octanol–water partition coefficient (Wildman–Crippen LogP) is 3.92. The van der Waals surface area contributed by atoms with Crippen LogP contribution in [0, 0.1) is 0 Å². The topological polar surface area (TPSA) is 105 Å². The molecule has 1 unspecified atom stereocenters. The third-order valence-electron chi connectivity index (χ3n) is 5.43. The van der Waals surface area contributed by atoms with Crippen LogP contribution in [0.3, 0.4) is 0 Å². The number of aliphatic carboxylic acids is 1. The lowest BCUT2D eigenvalue weighted by Gasteiger charge is -2.26. The monoisotopic (exact) mass is 460 g/mol. The van der Waals surface area contributed by atoms with E-state index in [4.69, 9.17) is 9.84 Å². The fraction of sp³-hybridized carbons (Fsp3) is 0.375. The minimum atomic E-state index is -3.01. The fourth-order valence-electron chi connectivity index (χ4n) is 4.05. The number of alkyl carbamates (subject to hydrolysis) is 1. The van der Waals surface area contributed by atoms with Crippen LogP contribution >= 0.6 is 0 Å². The van der Waals surface area contributed by atoms with E-state index in [1.807, 2.05) is 48.5 Å². The van der Waals surface area contributed by atoms with Gasteiger partial charge < -0.3 is 20.5 Å². The Morgan fingerprint density at radius 2 is 1.58 bits per heavy atom. The van der Waals surface area contributed by atoms with Gasteiger partial charge in [-0.2, -0.15) is 0 Å². The molecule has 3 rings (SSSR count). The van der Waals surface area contributed by atoms with E-state index in [1.54, 1.807) is 0 Å². The van der Waals surface area contributed by atoms with Gasteiger partial charge in [0, 0.05) is 11.5 Å². The van der Waals surface area contributed by atoms with Crippen molar-refractivity contribution in [1.29, 1.82) is 0 Å². The van der Waals surface area contributed by atoms with Crippen LogP contribution in [0.1, 0.15) is 43.7 Å². The number of carboxylic acid groups (broad SMARTS) is 1. The number of carbonyl (C=O) groups is 3. The van der Waals surface area contributed by atoms with Gasteiger partial charge in [0.15, 0.2) is 0 Å². The fourth-order valence-corrected chi connectivity index (χ4v) is 4.05. The quantitative estimate of drug-likeness (QED) is 0.526. The molecule has 9 heteroatoms. The Hall–Kier alpha value is -3.49. The number of carboxylic acids is 1. The molecule has 3 N–H and O–H groups in total. The molecular formula is C24H26F2N2O5. The first-order valence-electron chi connectivity index (χ1n) is 10.5. The highest BCUT2D eigenvalue weighted by atomic mass is 19.3. The van der Waals surface area contributed by atoms with Crippen LogP contribution in [-0.2, 0) is 14.3 Å². The van der Waals surface area contributed by atoms with Crippen LogP contribution in [0.15, 0.2) is 48.5 Å². The second kappa shape index (κ2) is 9.97. The van der Waals surface area contributed by atoms with Crippen LogP contribution in [0.4, 0.5) is 13.6 Å². The maximum absolute atomic E-state index is 13.5. The first-order valence-corrected chi connectivity index (χ1v) is 10.5. The van der Waals surface area contributed by atoms with Crippen molar-refractivity contribution in [1.82, 2.24) is 10.6 Å². The summed E-state index contributed by atoms with van der Waals surface area (Å²) in [6.45, 7) is 2.89. The van der Waals surface area contributed by atoms with Crippen LogP contribution in [0.25, 0.3) is 11.1 Å². The van der Waals surface area contributed by atoms with E-state index in [9.17, 15) is 23.2 Å². The lowest BCUT2D eigenvalue weighted by molar-refractivity contribution is -0.138. The highest BCUT2D eigenvalue weighted by molar-refractivity contribution is 5.80. The molecule has 2 amide bonds. The Bertz CT molecular complexity index is 996. The van der Waals surface area contributed by atoms with Crippen molar-refractivity contribution >= 4 is 18.0 Å². The standard InChI is InChI=1S/C24H26F2N2O5/c1-24(2,12-21(30)31)28-20(29)11-19(22(25)26)27-23(32)33-13-18-16-9-5-3-7-14(16)15-8-4-6-10-17(15)18/h3-10,18-19,22H,11-13H2,1-2H3,(H,27,32)(H,28,29)(H,30,31). The van der Waals surface area contributed by atoms with Gasteiger partial charge in [-0.1, -0.05) is 48.5 Å². The maximum atomic E-state index is 13.5. The largest absolute Gasteiger partial charge is 0.481 e. The minimum absolute atomic E-state index is 0.0480. The molecular weight excluding hydrogens is 434 g/mol. The van der Waals surface area contributed by atoms with Gasteiger partial charge in [-0.05, 0) is 36.1 Å². The van der Waals surface area contributed by atoms with E-state index < -0.39 is 42.4 Å². The van der Waals surface area contributed by atoms with Crippen molar-refractivity contribution in [3.63, 3.8) is 0 Å². The van der Waals surface area contributed by atoms with E-state index in [1.165, 1.54) is 13.8 Å². The van der Waals surface area contributed by atoms with Crippen LogP contribution in [-0.4, -0.2) is 47.7 Å². The SMILES string of the molecule is CC(C)(CC(=O)O)NC(=O)CC(NC(=O)OCC1c2ccccc2-c2ccccc21)C(F)F. The summed E-state index contributed by atoms with van der Waals surface area (Å²) in [6.07, 6.45) is -5.17. The molecule has 33 heavy (non-hydrogen) atoms. The van der Waals surface area contributed by atoms with E-state index in [-0.39, 0.29) is 18.9 Å². The molecule has 1 atom stereocenters. The smallest absolute Gasteiger partial charge is 0.407 e. The van der Waals surface area contributed by atoms with Gasteiger partial charge in [0.05, 0.1) is 12.8 Å². The number of rotatable bonds is 9. The summed E-state index contributed by atoms with van der Waals surface area (Å²) >= 11 is 0. The maximum Gasteiger partial charge on any atom is 0.407 e. The van der Waals surface area contributed by atoms with Crippen molar-refractivity contribution in [2.45, 2.75) is 50.6 Å². The molecule has 2 aromatic rings. The zero-order chi connectivity index (χ0) is 24.2. The first-order chi connectivity index (χ1) is 15.6. The summed E-state index contributed by atoms with van der Waals surface area (Å²) in [6, 6.07) is 13.7. The summed E-state index contributed by atoms with van der Waals surface area (Å²) in [7, 11) is 0. The number of ether oxygens (including phenoxy) is 1. The first kappa shape index (κ1) is 24.2. The lowest BCUT2D eigenvalue weighted by Crippen LogP contribution is -2.49. The molecule has 0 saturated heterocycles. The number of halogens is 2. The van der Waals surface area contributed by atoms with Crippen molar-refractivity contribution in [3.05, 3.63) is 59.7 Å². The summed E-state index contributed by atoms with van der Waals surface area (Å²) < 4.78 is 32.2. The third-order valence-corrected chi connectivity index (χ3v) is 5.43. The van der Waals surface area contributed by atoms with Crippen molar-refractivity contribution in [2.24, 2.45) is 0 Å². The Kier molecular flexibility index (Phi) is 7.30. The zero-order valence-electron chi connectivity index (χ0n) is 18.3. The van der Waals surface area contributed by atoms with Crippen LogP contribution in [0.5, 0.6) is 0 Å². The molecule has 0 aliphatic heterocycles. The lowest BCUT2D eigenvalue weighted by atomic mass is 9.98. The molecule has 0 saturated carbocycles. The average molecular weight is 460 g/mol. The van der Waals surface area contributed by atoms with Gasteiger partial charge in [-0.15, -0.1) is 0 Å². The molecule has 0 spiro atoms. The number of amides is 2. The summed E-state index contributed by atoms with van der Waals surface area (Å²) in [5.41, 5.74) is 2.91. The van der Waals surface area contributed by atoms with E-state index in [0.29, 0.717) is 0 Å². The van der Waals surface area contributed by atoms with Gasteiger partial charge in [-0.25, -0.2) is 13.6 Å². The van der Waals surface area contributed by atoms with E-state index in [2.05, 4.69) is 10.6 Å².